The summed E-state index contributed by atoms with van der Waals surface area (Å²) in [6.07, 6.45) is 12.8. The molecule has 2 heteroatoms. The van der Waals surface area contributed by atoms with Crippen molar-refractivity contribution in [3.05, 3.63) is 54.1 Å². The van der Waals surface area contributed by atoms with Crippen LogP contribution < -0.4 is 4.74 Å². The lowest BCUT2D eigenvalue weighted by Crippen LogP contribution is -2.16. The van der Waals surface area contributed by atoms with Crippen molar-refractivity contribution in [1.82, 2.24) is 0 Å². The second-order valence-electron chi connectivity index (χ2n) is 9.34. The Morgan fingerprint density at radius 1 is 0.903 bits per heavy atom. The Morgan fingerprint density at radius 2 is 1.52 bits per heavy atom. The van der Waals surface area contributed by atoms with Crippen LogP contribution in [-0.2, 0) is 4.79 Å². The lowest BCUT2D eigenvalue weighted by atomic mass is 9.74. The fourth-order valence-corrected chi connectivity index (χ4v) is 5.05. The quantitative estimate of drug-likeness (QED) is 0.284. The van der Waals surface area contributed by atoms with Crippen LogP contribution in [-0.4, -0.2) is 5.97 Å². The van der Waals surface area contributed by atoms with Gasteiger partial charge in [0.2, 0.25) is 0 Å². The van der Waals surface area contributed by atoms with Crippen molar-refractivity contribution in [3.8, 4) is 16.9 Å². The Kier molecular flexibility index (Phi) is 9.18. The first-order chi connectivity index (χ1) is 15.1. The smallest absolute Gasteiger partial charge is 0.310 e. The molecule has 2 aromatic carbocycles. The van der Waals surface area contributed by atoms with Crippen LogP contribution in [0.3, 0.4) is 0 Å². The Bertz CT molecular complexity index is 782. The zero-order valence-electron chi connectivity index (χ0n) is 19.7. The number of carbonyl (C=O) groups excluding carboxylic acids is 1. The summed E-state index contributed by atoms with van der Waals surface area (Å²) in [4.78, 5) is 11.4. The molecular formula is C29H40O2. The molecule has 1 saturated carbocycles. The van der Waals surface area contributed by atoms with E-state index in [2.05, 4.69) is 38.1 Å². The van der Waals surface area contributed by atoms with Gasteiger partial charge in [0.05, 0.1) is 0 Å². The molecule has 0 N–H and O–H groups in total. The second kappa shape index (κ2) is 12.1. The van der Waals surface area contributed by atoms with Gasteiger partial charge in [-0.05, 0) is 78.7 Å². The highest BCUT2D eigenvalue weighted by atomic mass is 16.5. The molecular weight excluding hydrogens is 380 g/mol. The minimum Gasteiger partial charge on any atom is -0.427 e. The first-order valence-corrected chi connectivity index (χ1v) is 12.5. The van der Waals surface area contributed by atoms with Gasteiger partial charge in [0.25, 0.3) is 0 Å². The molecule has 1 aliphatic carbocycles. The molecule has 2 aromatic rings. The van der Waals surface area contributed by atoms with Gasteiger partial charge in [-0.1, -0.05) is 82.9 Å². The molecule has 0 radical (unpaired) electrons. The zero-order valence-corrected chi connectivity index (χ0v) is 19.7. The van der Waals surface area contributed by atoms with E-state index in [-0.39, 0.29) is 5.97 Å². The lowest BCUT2D eigenvalue weighted by Gasteiger charge is -2.31. The molecule has 2 nitrogen and oxygen atoms in total. The number of ether oxygens (including phenoxy) is 1. The van der Waals surface area contributed by atoms with Crippen molar-refractivity contribution in [2.75, 3.05) is 0 Å². The zero-order chi connectivity index (χ0) is 22.1. The number of unbranched alkanes of at least 4 members (excludes halogenated alkanes) is 1. The van der Waals surface area contributed by atoms with Crippen molar-refractivity contribution in [1.29, 1.82) is 0 Å². The van der Waals surface area contributed by atoms with E-state index >= 15 is 0 Å². The third-order valence-electron chi connectivity index (χ3n) is 7.15. The summed E-state index contributed by atoms with van der Waals surface area (Å²) in [5.74, 6) is 3.02. The average molecular weight is 421 g/mol. The summed E-state index contributed by atoms with van der Waals surface area (Å²) >= 11 is 0. The monoisotopic (exact) mass is 420 g/mol. The van der Waals surface area contributed by atoms with Crippen molar-refractivity contribution >= 4 is 5.97 Å². The molecule has 1 unspecified atom stereocenters. The van der Waals surface area contributed by atoms with E-state index in [1.807, 2.05) is 24.3 Å². The molecule has 1 aliphatic rings. The van der Waals surface area contributed by atoms with Crippen LogP contribution in [0.25, 0.3) is 11.1 Å². The van der Waals surface area contributed by atoms with E-state index < -0.39 is 0 Å². The Hall–Kier alpha value is -2.09. The Balaban J connectivity index is 1.52. The Morgan fingerprint density at radius 3 is 2.06 bits per heavy atom. The van der Waals surface area contributed by atoms with Gasteiger partial charge in [0.15, 0.2) is 0 Å². The molecule has 3 rings (SSSR count). The first-order valence-electron chi connectivity index (χ1n) is 12.5. The van der Waals surface area contributed by atoms with Crippen LogP contribution in [0.15, 0.2) is 48.5 Å². The molecule has 0 saturated heterocycles. The van der Waals surface area contributed by atoms with Crippen LogP contribution in [0, 0.1) is 11.8 Å². The predicted octanol–water partition coefficient (Wildman–Crippen LogP) is 8.55. The van der Waals surface area contributed by atoms with Crippen molar-refractivity contribution in [2.45, 2.75) is 90.9 Å². The molecule has 0 spiro atoms. The van der Waals surface area contributed by atoms with E-state index in [9.17, 15) is 4.79 Å². The van der Waals surface area contributed by atoms with Crippen molar-refractivity contribution in [3.63, 3.8) is 0 Å². The summed E-state index contributed by atoms with van der Waals surface area (Å²) in [6, 6.07) is 16.9. The van der Waals surface area contributed by atoms with E-state index in [0.717, 1.165) is 23.3 Å². The predicted molar refractivity (Wildman–Crippen MR) is 130 cm³/mol. The molecule has 31 heavy (non-hydrogen) atoms. The SMILES string of the molecule is CCCCC(CC)CC1CCC(c2ccc(-c3ccc(OC(=O)CC)cc3)cc2)CC1. The molecule has 168 valence electrons. The highest BCUT2D eigenvalue weighted by molar-refractivity contribution is 5.72. The molecule has 0 aromatic heterocycles. The van der Waals surface area contributed by atoms with Crippen LogP contribution in [0.1, 0.15) is 96.5 Å². The van der Waals surface area contributed by atoms with Gasteiger partial charge in [-0.15, -0.1) is 0 Å². The molecule has 1 fully saturated rings. The summed E-state index contributed by atoms with van der Waals surface area (Å²) < 4.78 is 5.27. The minimum absolute atomic E-state index is 0.196. The maximum atomic E-state index is 11.4. The molecule has 1 atom stereocenters. The number of esters is 1. The summed E-state index contributed by atoms with van der Waals surface area (Å²) in [7, 11) is 0. The average Bonchev–Trinajstić information content (AvgIpc) is 2.82. The van der Waals surface area contributed by atoms with Gasteiger partial charge >= 0.3 is 5.97 Å². The van der Waals surface area contributed by atoms with E-state index in [1.165, 1.54) is 68.9 Å². The first kappa shape index (κ1) is 23.6. The number of hydrogen-bond acceptors (Lipinski definition) is 2. The number of rotatable bonds is 10. The fourth-order valence-electron chi connectivity index (χ4n) is 5.05. The van der Waals surface area contributed by atoms with E-state index in [0.29, 0.717) is 12.2 Å². The maximum Gasteiger partial charge on any atom is 0.310 e. The van der Waals surface area contributed by atoms with Gasteiger partial charge in [0.1, 0.15) is 5.75 Å². The van der Waals surface area contributed by atoms with E-state index in [1.54, 1.807) is 6.92 Å². The second-order valence-corrected chi connectivity index (χ2v) is 9.34. The summed E-state index contributed by atoms with van der Waals surface area (Å²) in [6.45, 7) is 6.49. The molecule has 0 aliphatic heterocycles. The summed E-state index contributed by atoms with van der Waals surface area (Å²) in [5, 5.41) is 0. The van der Waals surface area contributed by atoms with Gasteiger partial charge < -0.3 is 4.74 Å². The van der Waals surface area contributed by atoms with Gasteiger partial charge in [-0.25, -0.2) is 0 Å². The highest BCUT2D eigenvalue weighted by Crippen LogP contribution is 2.39. The van der Waals surface area contributed by atoms with Crippen LogP contribution in [0.2, 0.25) is 0 Å². The summed E-state index contributed by atoms with van der Waals surface area (Å²) in [5.41, 5.74) is 3.87. The molecule has 0 heterocycles. The Labute approximate surface area is 189 Å². The number of benzene rings is 2. The fraction of sp³-hybridized carbons (Fsp3) is 0.552. The maximum absolute atomic E-state index is 11.4. The molecule has 0 bridgehead atoms. The van der Waals surface area contributed by atoms with Crippen molar-refractivity contribution in [2.24, 2.45) is 11.8 Å². The number of hydrogen-bond donors (Lipinski definition) is 0. The topological polar surface area (TPSA) is 26.3 Å². The van der Waals surface area contributed by atoms with Crippen molar-refractivity contribution < 1.29 is 9.53 Å². The van der Waals surface area contributed by atoms with E-state index in [4.69, 9.17) is 4.74 Å². The lowest BCUT2D eigenvalue weighted by molar-refractivity contribution is -0.134. The van der Waals surface area contributed by atoms with Gasteiger partial charge in [-0.2, -0.15) is 0 Å². The third-order valence-corrected chi connectivity index (χ3v) is 7.15. The van der Waals surface area contributed by atoms with Crippen LogP contribution >= 0.6 is 0 Å². The standard InChI is InChI=1S/C29H40O2/c1-4-7-8-22(5-2)21-23-9-11-24(12-10-23)25-13-15-26(16-14-25)27-17-19-28(20-18-27)31-29(30)6-3/h13-20,22-24H,4-12,21H2,1-3H3. The highest BCUT2D eigenvalue weighted by Gasteiger charge is 2.24. The third kappa shape index (κ3) is 6.95. The number of carbonyl (C=O) groups is 1. The largest absolute Gasteiger partial charge is 0.427 e. The van der Waals surface area contributed by atoms with Gasteiger partial charge in [0, 0.05) is 6.42 Å². The van der Waals surface area contributed by atoms with Crippen LogP contribution in [0.4, 0.5) is 0 Å². The normalized spacial score (nSPS) is 19.7. The minimum atomic E-state index is -0.196. The van der Waals surface area contributed by atoms with Gasteiger partial charge in [-0.3, -0.25) is 4.79 Å². The molecule has 0 amide bonds. The van der Waals surface area contributed by atoms with Crippen LogP contribution in [0.5, 0.6) is 5.75 Å².